The molecule has 2 amide bonds. The largest absolute Gasteiger partial charge is 0.433 e. The van der Waals surface area contributed by atoms with Gasteiger partial charge in [0.25, 0.3) is 5.91 Å². The van der Waals surface area contributed by atoms with Crippen LogP contribution in [0, 0.1) is 0 Å². The number of hydrogen-bond donors (Lipinski definition) is 2. The maximum atomic E-state index is 12.0. The van der Waals surface area contributed by atoms with Gasteiger partial charge in [-0.3, -0.25) is 4.79 Å². The zero-order valence-electron chi connectivity index (χ0n) is 11.0. The number of alkyl halides is 3. The number of amides is 2. The Morgan fingerprint density at radius 1 is 1.21 bits per heavy atom. The van der Waals surface area contributed by atoms with Crippen molar-refractivity contribution in [3.8, 4) is 0 Å². The van der Waals surface area contributed by atoms with Crippen molar-refractivity contribution in [2.24, 2.45) is 0 Å². The molecular formula is C11H17F3N2O3. The quantitative estimate of drug-likeness (QED) is 0.828. The van der Waals surface area contributed by atoms with Gasteiger partial charge >= 0.3 is 12.3 Å². The Morgan fingerprint density at radius 2 is 1.74 bits per heavy atom. The van der Waals surface area contributed by atoms with E-state index in [-0.39, 0.29) is 12.8 Å². The van der Waals surface area contributed by atoms with Crippen LogP contribution in [0.4, 0.5) is 18.0 Å². The molecule has 0 heterocycles. The van der Waals surface area contributed by atoms with Gasteiger partial charge in [-0.05, 0) is 20.8 Å². The minimum Gasteiger partial charge on any atom is -0.433 e. The van der Waals surface area contributed by atoms with Gasteiger partial charge in [-0.2, -0.15) is 13.2 Å². The lowest BCUT2D eigenvalue weighted by molar-refractivity contribution is -0.145. The van der Waals surface area contributed by atoms with Crippen LogP contribution in [0.2, 0.25) is 0 Å². The first-order valence-corrected chi connectivity index (χ1v) is 5.80. The van der Waals surface area contributed by atoms with E-state index in [1.807, 2.05) is 0 Å². The number of alkyl carbamates (subject to hydrolysis) is 1. The van der Waals surface area contributed by atoms with Gasteiger partial charge in [0, 0.05) is 18.4 Å². The van der Waals surface area contributed by atoms with Crippen LogP contribution < -0.4 is 10.6 Å². The number of halogens is 3. The molecule has 1 aliphatic carbocycles. The molecule has 0 spiro atoms. The fourth-order valence-corrected chi connectivity index (χ4v) is 1.34. The molecule has 8 heteroatoms. The molecule has 1 saturated carbocycles. The first-order valence-electron chi connectivity index (χ1n) is 5.80. The zero-order chi connectivity index (χ0) is 14.9. The number of rotatable bonds is 3. The van der Waals surface area contributed by atoms with Crippen LogP contribution in [-0.2, 0) is 9.53 Å². The first-order chi connectivity index (χ1) is 8.44. The summed E-state index contributed by atoms with van der Waals surface area (Å²) in [5, 5.41) is 4.20. The number of carbonyl (C=O) groups excluding carboxylic acids is 2. The Kier molecular flexibility index (Phi) is 4.02. The van der Waals surface area contributed by atoms with Crippen molar-refractivity contribution < 1.29 is 27.5 Å². The maximum absolute atomic E-state index is 12.0. The van der Waals surface area contributed by atoms with Crippen molar-refractivity contribution in [1.82, 2.24) is 10.6 Å². The van der Waals surface area contributed by atoms with Crippen LogP contribution in [0.3, 0.4) is 0 Å². The van der Waals surface area contributed by atoms with Crippen molar-refractivity contribution in [2.45, 2.75) is 50.9 Å². The molecule has 1 aliphatic rings. The van der Waals surface area contributed by atoms with Crippen molar-refractivity contribution in [3.63, 3.8) is 0 Å². The van der Waals surface area contributed by atoms with Crippen LogP contribution in [0.25, 0.3) is 0 Å². The summed E-state index contributed by atoms with van der Waals surface area (Å²) < 4.78 is 40.8. The average molecular weight is 282 g/mol. The molecule has 0 aromatic heterocycles. The van der Waals surface area contributed by atoms with Gasteiger partial charge < -0.3 is 15.4 Å². The van der Waals surface area contributed by atoms with Gasteiger partial charge in [0.15, 0.2) is 5.60 Å². The van der Waals surface area contributed by atoms with Crippen LogP contribution >= 0.6 is 0 Å². The van der Waals surface area contributed by atoms with Gasteiger partial charge in [0.2, 0.25) is 0 Å². The van der Waals surface area contributed by atoms with E-state index in [0.717, 1.165) is 0 Å². The molecule has 0 aliphatic heterocycles. The Bertz CT molecular complexity index is 370. The minimum absolute atomic E-state index is 0.230. The highest BCUT2D eigenvalue weighted by atomic mass is 19.4. The molecule has 5 nitrogen and oxygen atoms in total. The van der Waals surface area contributed by atoms with Gasteiger partial charge in [-0.25, -0.2) is 4.79 Å². The molecule has 0 bridgehead atoms. The van der Waals surface area contributed by atoms with E-state index in [1.165, 1.54) is 0 Å². The molecule has 2 N–H and O–H groups in total. The highest BCUT2D eigenvalue weighted by molar-refractivity contribution is 5.90. The lowest BCUT2D eigenvalue weighted by Crippen LogP contribution is -2.48. The highest BCUT2D eigenvalue weighted by Crippen LogP contribution is 2.40. The summed E-state index contributed by atoms with van der Waals surface area (Å²) in [5.41, 5.74) is -1.99. The Morgan fingerprint density at radius 3 is 2.11 bits per heavy atom. The maximum Gasteiger partial charge on any atom is 0.408 e. The van der Waals surface area contributed by atoms with E-state index in [0.29, 0.717) is 0 Å². The molecule has 1 fully saturated rings. The Labute approximate surface area is 108 Å². The summed E-state index contributed by atoms with van der Waals surface area (Å²) >= 11 is 0. The fourth-order valence-electron chi connectivity index (χ4n) is 1.34. The topological polar surface area (TPSA) is 67.4 Å². The number of carbonyl (C=O) groups is 2. The molecule has 0 aromatic carbocycles. The standard InChI is InChI=1S/C11H17F3N2O3/c1-9(2,3)16-8(18)19-10(4-5-10)7(17)15-6-11(12,13)14/h4-6H2,1-3H3,(H,15,17)(H,16,18). The molecule has 110 valence electrons. The van der Waals surface area contributed by atoms with E-state index in [4.69, 9.17) is 4.74 Å². The fraction of sp³-hybridized carbons (Fsp3) is 0.818. The number of nitrogens with one attached hydrogen (secondary N) is 2. The van der Waals surface area contributed by atoms with Gasteiger partial charge in [0.1, 0.15) is 6.54 Å². The second-order valence-corrected chi connectivity index (χ2v) is 5.56. The molecule has 1 rings (SSSR count). The highest BCUT2D eigenvalue weighted by Gasteiger charge is 2.54. The molecule has 0 saturated heterocycles. The minimum atomic E-state index is -4.49. The predicted octanol–water partition coefficient (Wildman–Crippen LogP) is 1.72. The smallest absolute Gasteiger partial charge is 0.408 e. The SMILES string of the molecule is CC(C)(C)NC(=O)OC1(C(=O)NCC(F)(F)F)CC1. The Balaban J connectivity index is 2.48. The summed E-state index contributed by atoms with van der Waals surface area (Å²) in [6, 6.07) is 0. The van der Waals surface area contributed by atoms with Crippen molar-refractivity contribution >= 4 is 12.0 Å². The third kappa shape index (κ3) is 5.35. The van der Waals surface area contributed by atoms with E-state index in [2.05, 4.69) is 5.32 Å². The van der Waals surface area contributed by atoms with Crippen molar-refractivity contribution in [3.05, 3.63) is 0 Å². The van der Waals surface area contributed by atoms with Gasteiger partial charge in [-0.15, -0.1) is 0 Å². The van der Waals surface area contributed by atoms with Gasteiger partial charge in [0.05, 0.1) is 0 Å². The van der Waals surface area contributed by atoms with E-state index in [9.17, 15) is 22.8 Å². The lowest BCUT2D eigenvalue weighted by Gasteiger charge is -2.23. The first kappa shape index (κ1) is 15.6. The lowest BCUT2D eigenvalue weighted by atomic mass is 10.1. The molecule has 0 aromatic rings. The van der Waals surface area contributed by atoms with E-state index >= 15 is 0 Å². The molecule has 0 unspecified atom stereocenters. The number of hydrogen-bond acceptors (Lipinski definition) is 3. The summed E-state index contributed by atoms with van der Waals surface area (Å²) in [5.74, 6) is -0.908. The summed E-state index contributed by atoms with van der Waals surface area (Å²) in [6.07, 6.45) is -4.84. The molecule has 19 heavy (non-hydrogen) atoms. The van der Waals surface area contributed by atoms with Crippen LogP contribution in [0.1, 0.15) is 33.6 Å². The predicted molar refractivity (Wildman–Crippen MR) is 60.4 cm³/mol. The van der Waals surface area contributed by atoms with Crippen LogP contribution in [0.15, 0.2) is 0 Å². The van der Waals surface area contributed by atoms with Crippen molar-refractivity contribution in [2.75, 3.05) is 6.54 Å². The molecule has 0 atom stereocenters. The summed E-state index contributed by atoms with van der Waals surface area (Å²) in [7, 11) is 0. The summed E-state index contributed by atoms with van der Waals surface area (Å²) in [6.45, 7) is 3.73. The average Bonchev–Trinajstić information content (AvgIpc) is 2.90. The second-order valence-electron chi connectivity index (χ2n) is 5.56. The Hall–Kier alpha value is -1.47. The normalized spacial score (nSPS) is 17.6. The van der Waals surface area contributed by atoms with Crippen LogP contribution in [-0.4, -0.2) is 35.9 Å². The zero-order valence-corrected chi connectivity index (χ0v) is 11.0. The molecular weight excluding hydrogens is 265 g/mol. The monoisotopic (exact) mass is 282 g/mol. The van der Waals surface area contributed by atoms with Crippen molar-refractivity contribution in [1.29, 1.82) is 0 Å². The number of ether oxygens (including phenoxy) is 1. The van der Waals surface area contributed by atoms with Crippen LogP contribution in [0.5, 0.6) is 0 Å². The second kappa shape index (κ2) is 4.90. The van der Waals surface area contributed by atoms with E-state index < -0.39 is 35.9 Å². The van der Waals surface area contributed by atoms with E-state index in [1.54, 1.807) is 26.1 Å². The summed E-state index contributed by atoms with van der Waals surface area (Å²) in [4.78, 5) is 23.0. The third-order valence-electron chi connectivity index (χ3n) is 2.33. The van der Waals surface area contributed by atoms with Gasteiger partial charge in [-0.1, -0.05) is 0 Å². The third-order valence-corrected chi connectivity index (χ3v) is 2.33. The molecule has 0 radical (unpaired) electrons.